The molecule has 0 radical (unpaired) electrons. The molecule has 0 aromatic heterocycles. The predicted octanol–water partition coefficient (Wildman–Crippen LogP) is 0.481. The Morgan fingerprint density at radius 3 is 2.21 bits per heavy atom. The molecule has 0 saturated heterocycles. The van der Waals surface area contributed by atoms with Crippen LogP contribution in [-0.4, -0.2) is 33.5 Å². The zero-order chi connectivity index (χ0) is 11.0. The molecule has 0 fully saturated rings. The van der Waals surface area contributed by atoms with Crippen molar-refractivity contribution in [1.29, 1.82) is 0 Å². The molecular formula is C10H14O4. The minimum Gasteiger partial charge on any atom is -0.478 e. The Balaban J connectivity index is 3.87. The molecule has 4 heteroatoms. The van der Waals surface area contributed by atoms with E-state index in [1.807, 2.05) is 0 Å². The summed E-state index contributed by atoms with van der Waals surface area (Å²) in [5.41, 5.74) is 0. The van der Waals surface area contributed by atoms with Gasteiger partial charge in [-0.1, -0.05) is 30.4 Å². The normalized spacial score (nSPS) is 16.8. The minimum atomic E-state index is -1.01. The van der Waals surface area contributed by atoms with Gasteiger partial charge in [0.1, 0.15) is 0 Å². The van der Waals surface area contributed by atoms with E-state index in [1.54, 1.807) is 6.08 Å². The van der Waals surface area contributed by atoms with Crippen molar-refractivity contribution in [2.45, 2.75) is 19.1 Å². The number of carboxylic acids is 1. The van der Waals surface area contributed by atoms with Gasteiger partial charge >= 0.3 is 5.97 Å². The number of allylic oxidation sites excluding steroid dienone is 4. The second-order valence-electron chi connectivity index (χ2n) is 2.70. The number of hydrogen-bond acceptors (Lipinski definition) is 3. The maximum atomic E-state index is 10.0. The Hall–Kier alpha value is -1.39. The molecule has 2 unspecified atom stereocenters. The first-order chi connectivity index (χ1) is 6.54. The molecule has 14 heavy (non-hydrogen) atoms. The molecule has 0 amide bonds. The van der Waals surface area contributed by atoms with Crippen LogP contribution in [0.4, 0.5) is 0 Å². The second kappa shape index (κ2) is 7.06. The molecule has 0 saturated carbocycles. The van der Waals surface area contributed by atoms with Gasteiger partial charge in [0.2, 0.25) is 0 Å². The highest BCUT2D eigenvalue weighted by atomic mass is 16.4. The van der Waals surface area contributed by atoms with Gasteiger partial charge in [0.05, 0.1) is 12.2 Å². The van der Waals surface area contributed by atoms with Crippen molar-refractivity contribution in [2.75, 3.05) is 0 Å². The van der Waals surface area contributed by atoms with Crippen LogP contribution in [0.3, 0.4) is 0 Å². The molecule has 0 aromatic carbocycles. The summed E-state index contributed by atoms with van der Waals surface area (Å²) in [6.07, 6.45) is 6.66. The summed E-state index contributed by atoms with van der Waals surface area (Å²) >= 11 is 0. The minimum absolute atomic E-state index is 0.811. The zero-order valence-electron chi connectivity index (χ0n) is 7.87. The van der Waals surface area contributed by atoms with Gasteiger partial charge in [0, 0.05) is 6.08 Å². The number of aliphatic hydroxyl groups is 2. The van der Waals surface area contributed by atoms with E-state index in [9.17, 15) is 4.79 Å². The van der Waals surface area contributed by atoms with Crippen molar-refractivity contribution in [2.24, 2.45) is 0 Å². The molecule has 3 N–H and O–H groups in total. The molecular weight excluding hydrogens is 184 g/mol. The standard InChI is InChI=1S/C10H14O4/c1-8(11)9(12)6-4-2-3-5-7-10(13)14/h2-9,11-12H,1H3,(H,13,14)/b3-2+,6-4+,7-5+. The Morgan fingerprint density at radius 2 is 1.71 bits per heavy atom. The van der Waals surface area contributed by atoms with Crippen LogP contribution in [0.2, 0.25) is 0 Å². The van der Waals surface area contributed by atoms with Crippen molar-refractivity contribution < 1.29 is 20.1 Å². The summed E-state index contributed by atoms with van der Waals surface area (Å²) in [7, 11) is 0. The van der Waals surface area contributed by atoms with E-state index in [0.717, 1.165) is 6.08 Å². The van der Waals surface area contributed by atoms with Gasteiger partial charge in [-0.05, 0) is 6.92 Å². The van der Waals surface area contributed by atoms with Crippen LogP contribution in [0, 0.1) is 0 Å². The van der Waals surface area contributed by atoms with Gasteiger partial charge in [0.15, 0.2) is 0 Å². The fourth-order valence-electron chi connectivity index (χ4n) is 0.605. The third kappa shape index (κ3) is 7.27. The van der Waals surface area contributed by atoms with Crippen molar-refractivity contribution in [3.63, 3.8) is 0 Å². The summed E-state index contributed by atoms with van der Waals surface area (Å²) in [5, 5.41) is 26.2. The summed E-state index contributed by atoms with van der Waals surface area (Å²) < 4.78 is 0. The van der Waals surface area contributed by atoms with E-state index < -0.39 is 18.2 Å². The molecule has 4 nitrogen and oxygen atoms in total. The van der Waals surface area contributed by atoms with E-state index in [4.69, 9.17) is 15.3 Å². The lowest BCUT2D eigenvalue weighted by atomic mass is 10.2. The smallest absolute Gasteiger partial charge is 0.328 e. The summed E-state index contributed by atoms with van der Waals surface area (Å²) in [5.74, 6) is -1.01. The third-order valence-electron chi connectivity index (χ3n) is 1.37. The molecule has 0 aromatic rings. The Labute approximate surface area is 82.5 Å². The number of carboxylic acid groups (broad SMARTS) is 1. The number of carbonyl (C=O) groups is 1. The van der Waals surface area contributed by atoms with E-state index in [1.165, 1.54) is 31.2 Å². The first-order valence-electron chi connectivity index (χ1n) is 4.14. The van der Waals surface area contributed by atoms with Crippen LogP contribution in [0.5, 0.6) is 0 Å². The van der Waals surface area contributed by atoms with Gasteiger partial charge in [-0.3, -0.25) is 0 Å². The largest absolute Gasteiger partial charge is 0.478 e. The van der Waals surface area contributed by atoms with E-state index in [0.29, 0.717) is 0 Å². The highest BCUT2D eigenvalue weighted by molar-refractivity contribution is 5.80. The third-order valence-corrected chi connectivity index (χ3v) is 1.37. The molecule has 0 aliphatic carbocycles. The lowest BCUT2D eigenvalue weighted by Gasteiger charge is -2.06. The van der Waals surface area contributed by atoms with E-state index in [-0.39, 0.29) is 0 Å². The van der Waals surface area contributed by atoms with Crippen LogP contribution in [0.1, 0.15) is 6.92 Å². The molecule has 78 valence electrons. The average molecular weight is 198 g/mol. The van der Waals surface area contributed by atoms with Crippen molar-refractivity contribution in [3.8, 4) is 0 Å². The number of aliphatic carboxylic acids is 1. The predicted molar refractivity (Wildman–Crippen MR) is 52.7 cm³/mol. The lowest BCUT2D eigenvalue weighted by molar-refractivity contribution is -0.131. The van der Waals surface area contributed by atoms with Crippen LogP contribution in [-0.2, 0) is 4.79 Å². The Morgan fingerprint density at radius 1 is 1.14 bits per heavy atom. The van der Waals surface area contributed by atoms with E-state index in [2.05, 4.69) is 0 Å². The second-order valence-corrected chi connectivity index (χ2v) is 2.70. The molecule has 0 heterocycles. The van der Waals surface area contributed by atoms with E-state index >= 15 is 0 Å². The summed E-state index contributed by atoms with van der Waals surface area (Å²) in [6.45, 7) is 1.48. The van der Waals surface area contributed by atoms with Crippen LogP contribution in [0.15, 0.2) is 36.5 Å². The Kier molecular flexibility index (Phi) is 6.36. The van der Waals surface area contributed by atoms with Gasteiger partial charge in [0.25, 0.3) is 0 Å². The highest BCUT2D eigenvalue weighted by Gasteiger charge is 2.03. The first kappa shape index (κ1) is 12.6. The quantitative estimate of drug-likeness (QED) is 0.443. The fraction of sp³-hybridized carbons (Fsp3) is 0.300. The Bertz CT molecular complexity index is 251. The fourth-order valence-corrected chi connectivity index (χ4v) is 0.605. The zero-order valence-corrected chi connectivity index (χ0v) is 7.87. The van der Waals surface area contributed by atoms with Crippen LogP contribution < -0.4 is 0 Å². The van der Waals surface area contributed by atoms with Crippen molar-refractivity contribution in [1.82, 2.24) is 0 Å². The molecule has 2 atom stereocenters. The number of rotatable bonds is 5. The van der Waals surface area contributed by atoms with Crippen LogP contribution in [0.25, 0.3) is 0 Å². The van der Waals surface area contributed by atoms with Crippen LogP contribution >= 0.6 is 0 Å². The van der Waals surface area contributed by atoms with Gasteiger partial charge in [-0.15, -0.1) is 0 Å². The monoisotopic (exact) mass is 198 g/mol. The molecule has 0 aliphatic heterocycles. The number of hydrogen-bond donors (Lipinski definition) is 3. The SMILES string of the molecule is CC(O)C(O)/C=C/C=C/C=C/C(=O)O. The van der Waals surface area contributed by atoms with Gasteiger partial charge < -0.3 is 15.3 Å². The number of aliphatic hydroxyl groups excluding tert-OH is 2. The van der Waals surface area contributed by atoms with Gasteiger partial charge in [-0.2, -0.15) is 0 Å². The topological polar surface area (TPSA) is 77.8 Å². The van der Waals surface area contributed by atoms with Crippen molar-refractivity contribution >= 4 is 5.97 Å². The molecule has 0 aliphatic rings. The summed E-state index contributed by atoms with van der Waals surface area (Å²) in [6, 6.07) is 0. The maximum Gasteiger partial charge on any atom is 0.328 e. The van der Waals surface area contributed by atoms with Crippen molar-refractivity contribution in [3.05, 3.63) is 36.5 Å². The first-order valence-corrected chi connectivity index (χ1v) is 4.14. The average Bonchev–Trinajstić information content (AvgIpc) is 2.09. The van der Waals surface area contributed by atoms with Gasteiger partial charge in [-0.25, -0.2) is 4.79 Å². The lowest BCUT2D eigenvalue weighted by Crippen LogP contribution is -2.19. The maximum absolute atomic E-state index is 10.0. The molecule has 0 spiro atoms. The molecule has 0 rings (SSSR count). The summed E-state index contributed by atoms with van der Waals surface area (Å²) in [4.78, 5) is 10.0. The highest BCUT2D eigenvalue weighted by Crippen LogP contribution is 1.93. The molecule has 0 bridgehead atoms.